The average molecular weight is 626 g/mol. The fourth-order valence-corrected chi connectivity index (χ4v) is 13.0. The second-order valence-electron chi connectivity index (χ2n) is 18.4. The number of carboxylic acid groups (broad SMARTS) is 1. The molecule has 0 aromatic carbocycles. The van der Waals surface area contributed by atoms with Gasteiger partial charge in [0.15, 0.2) is 0 Å². The quantitative estimate of drug-likeness (QED) is 0.197. The van der Waals surface area contributed by atoms with E-state index in [-0.39, 0.29) is 39.6 Å². The minimum Gasteiger partial charge on any atom is -0.481 e. The highest BCUT2D eigenvalue weighted by Gasteiger charge is 2.71. The minimum atomic E-state index is -1.14. The van der Waals surface area contributed by atoms with Crippen molar-refractivity contribution < 1.29 is 24.2 Å². The molecule has 5 aliphatic rings. The summed E-state index contributed by atoms with van der Waals surface area (Å²) in [6.45, 7) is 22.8. The third-order valence-corrected chi connectivity index (χ3v) is 15.6. The van der Waals surface area contributed by atoms with Crippen molar-refractivity contribution in [3.8, 4) is 0 Å². The maximum atomic E-state index is 14.0. The molecule has 0 radical (unpaired) electrons. The van der Waals surface area contributed by atoms with Crippen LogP contribution in [-0.4, -0.2) is 35.5 Å². The number of carbonyl (C=O) groups is 3. The number of rotatable bonds is 9. The third kappa shape index (κ3) is 5.08. The molecule has 6 nitrogen and oxygen atoms in total. The standard InChI is InChI=1S/C39H63NO5/c1-24(2)25-14-19-39(29(41)11-10-22-40)21-20-37(8)26(32(25)39)12-13-28-36(7)17-16-30(45-31(42)23-34(3,4)33(43)44)35(5,6)27(36)15-18-38(28,37)9/h25-28,30,32H,1,10-23,40H2,2-9H3,(H,43,44)/t25-,26+,27-,28+,30-,32+,36-,37+,38+,39+/m0/s1. The molecule has 0 aliphatic heterocycles. The van der Waals surface area contributed by atoms with E-state index in [4.69, 9.17) is 10.5 Å². The van der Waals surface area contributed by atoms with Gasteiger partial charge in [0.25, 0.3) is 0 Å². The highest BCUT2D eigenvalue weighted by Crippen LogP contribution is 2.77. The van der Waals surface area contributed by atoms with Gasteiger partial charge in [-0.25, -0.2) is 0 Å². The van der Waals surface area contributed by atoms with Crippen LogP contribution in [0.15, 0.2) is 12.2 Å². The summed E-state index contributed by atoms with van der Waals surface area (Å²) in [6.07, 6.45) is 11.9. The van der Waals surface area contributed by atoms with Crippen molar-refractivity contribution >= 4 is 17.7 Å². The van der Waals surface area contributed by atoms with Gasteiger partial charge in [-0.15, -0.1) is 0 Å². The van der Waals surface area contributed by atoms with Gasteiger partial charge in [-0.2, -0.15) is 0 Å². The molecule has 0 saturated heterocycles. The highest BCUT2D eigenvalue weighted by molar-refractivity contribution is 5.86. The van der Waals surface area contributed by atoms with Crippen LogP contribution in [0.2, 0.25) is 0 Å². The highest BCUT2D eigenvalue weighted by atomic mass is 16.5. The predicted octanol–water partition coefficient (Wildman–Crippen LogP) is 8.36. The lowest BCUT2D eigenvalue weighted by Crippen LogP contribution is -2.67. The Balaban J connectivity index is 1.42. The molecule has 5 aliphatic carbocycles. The zero-order valence-corrected chi connectivity index (χ0v) is 29.7. The third-order valence-electron chi connectivity index (χ3n) is 15.6. The Morgan fingerprint density at radius 3 is 2.20 bits per heavy atom. The number of hydrogen-bond donors (Lipinski definition) is 2. The molecule has 5 saturated carbocycles. The van der Waals surface area contributed by atoms with Gasteiger partial charge in [0, 0.05) is 17.3 Å². The molecule has 0 aromatic heterocycles. The molecular formula is C39H63NO5. The van der Waals surface area contributed by atoms with Crippen LogP contribution in [0.25, 0.3) is 0 Å². The van der Waals surface area contributed by atoms with Gasteiger partial charge in [-0.05, 0) is 144 Å². The van der Waals surface area contributed by atoms with Gasteiger partial charge in [0.05, 0.1) is 11.8 Å². The SMILES string of the molecule is C=C(C)[C@@H]1CC[C@]2(C(=O)CCCN)CC[C@]3(C)[C@H](CC[C@@H]4[C@@]5(C)CC[C@H](OC(=O)CC(C)(C)C(=O)O)C(C)(C)[C@@H]5CC[C@]43C)[C@@H]12. The lowest BCUT2D eigenvalue weighted by atomic mass is 9.32. The van der Waals surface area contributed by atoms with E-state index in [0.29, 0.717) is 48.3 Å². The van der Waals surface area contributed by atoms with E-state index >= 15 is 0 Å². The van der Waals surface area contributed by atoms with Gasteiger partial charge in [0.1, 0.15) is 11.9 Å². The molecular weight excluding hydrogens is 562 g/mol. The lowest BCUT2D eigenvalue weighted by Gasteiger charge is -2.73. The van der Waals surface area contributed by atoms with Crippen LogP contribution in [-0.2, 0) is 19.1 Å². The summed E-state index contributed by atoms with van der Waals surface area (Å²) < 4.78 is 6.15. The van der Waals surface area contributed by atoms with E-state index in [0.717, 1.165) is 51.4 Å². The molecule has 0 bridgehead atoms. The van der Waals surface area contributed by atoms with Gasteiger partial charge in [0.2, 0.25) is 0 Å². The molecule has 0 amide bonds. The van der Waals surface area contributed by atoms with Crippen LogP contribution < -0.4 is 5.73 Å². The average Bonchev–Trinajstić information content (AvgIpc) is 3.34. The van der Waals surface area contributed by atoms with Crippen LogP contribution >= 0.6 is 0 Å². The maximum Gasteiger partial charge on any atom is 0.309 e. The van der Waals surface area contributed by atoms with Crippen molar-refractivity contribution in [2.24, 2.45) is 67.8 Å². The van der Waals surface area contributed by atoms with Crippen molar-refractivity contribution in [3.05, 3.63) is 12.2 Å². The van der Waals surface area contributed by atoms with E-state index in [1.807, 2.05) is 0 Å². The van der Waals surface area contributed by atoms with Crippen LogP contribution in [0, 0.1) is 62.1 Å². The van der Waals surface area contributed by atoms with E-state index in [2.05, 4.69) is 48.1 Å². The molecule has 5 fully saturated rings. The van der Waals surface area contributed by atoms with E-state index in [1.165, 1.54) is 24.8 Å². The number of carbonyl (C=O) groups excluding carboxylic acids is 2. The van der Waals surface area contributed by atoms with E-state index in [1.54, 1.807) is 13.8 Å². The summed E-state index contributed by atoms with van der Waals surface area (Å²) in [6, 6.07) is 0. The second kappa shape index (κ2) is 11.5. The molecule has 10 atom stereocenters. The Morgan fingerprint density at radius 2 is 1.58 bits per heavy atom. The fraction of sp³-hybridized carbons (Fsp3) is 0.872. The number of esters is 1. The van der Waals surface area contributed by atoms with E-state index < -0.39 is 17.4 Å². The van der Waals surface area contributed by atoms with Crippen molar-refractivity contribution in [2.75, 3.05) is 6.54 Å². The first-order valence-corrected chi connectivity index (χ1v) is 18.1. The molecule has 254 valence electrons. The summed E-state index contributed by atoms with van der Waals surface area (Å²) >= 11 is 0. The van der Waals surface area contributed by atoms with Gasteiger partial charge < -0.3 is 15.6 Å². The number of aliphatic carboxylic acids is 1. The number of allylic oxidation sites excluding steroid dienone is 1. The summed E-state index contributed by atoms with van der Waals surface area (Å²) in [5, 5.41) is 9.56. The summed E-state index contributed by atoms with van der Waals surface area (Å²) in [5.74, 6) is 1.47. The molecule has 6 heteroatoms. The number of ether oxygens (including phenoxy) is 1. The van der Waals surface area contributed by atoms with E-state index in [9.17, 15) is 19.5 Å². The Labute approximate surface area is 273 Å². The Hall–Kier alpha value is -1.69. The smallest absolute Gasteiger partial charge is 0.309 e. The van der Waals surface area contributed by atoms with Gasteiger partial charge in [-0.3, -0.25) is 14.4 Å². The number of nitrogens with two attached hydrogens (primary N) is 1. The lowest BCUT2D eigenvalue weighted by molar-refractivity contribution is -0.249. The van der Waals surface area contributed by atoms with Gasteiger partial charge >= 0.3 is 11.9 Å². The molecule has 5 rings (SSSR count). The topological polar surface area (TPSA) is 107 Å². The Bertz CT molecular complexity index is 1220. The maximum absolute atomic E-state index is 14.0. The molecule has 0 spiro atoms. The summed E-state index contributed by atoms with van der Waals surface area (Å²) in [4.78, 5) is 38.7. The Morgan fingerprint density at radius 1 is 0.889 bits per heavy atom. The van der Waals surface area contributed by atoms with Crippen LogP contribution in [0.5, 0.6) is 0 Å². The molecule has 0 heterocycles. The first kappa shape index (κ1) is 34.6. The Kier molecular flexibility index (Phi) is 8.84. The number of Topliss-reactive ketones (excluding diaryl/α,β-unsaturated/α-hetero) is 1. The first-order chi connectivity index (χ1) is 20.8. The minimum absolute atomic E-state index is 0.111. The molecule has 0 unspecified atom stereocenters. The number of carboxylic acids is 1. The molecule has 3 N–H and O–H groups in total. The molecule has 45 heavy (non-hydrogen) atoms. The first-order valence-electron chi connectivity index (χ1n) is 18.1. The number of fused-ring (bicyclic) bond motifs is 7. The monoisotopic (exact) mass is 625 g/mol. The number of ketones is 1. The van der Waals surface area contributed by atoms with Crippen molar-refractivity contribution in [2.45, 2.75) is 145 Å². The predicted molar refractivity (Wildman–Crippen MR) is 178 cm³/mol. The van der Waals surface area contributed by atoms with Crippen LogP contribution in [0.3, 0.4) is 0 Å². The second-order valence-corrected chi connectivity index (χ2v) is 18.4. The van der Waals surface area contributed by atoms with Crippen LogP contribution in [0.4, 0.5) is 0 Å². The zero-order valence-electron chi connectivity index (χ0n) is 29.7. The zero-order chi connectivity index (χ0) is 33.4. The normalized spacial score (nSPS) is 43.7. The van der Waals surface area contributed by atoms with Crippen LogP contribution in [0.1, 0.15) is 139 Å². The van der Waals surface area contributed by atoms with Gasteiger partial charge in [-0.1, -0.05) is 46.8 Å². The van der Waals surface area contributed by atoms with Crippen molar-refractivity contribution in [1.82, 2.24) is 0 Å². The fourth-order valence-electron chi connectivity index (χ4n) is 13.0. The summed E-state index contributed by atoms with van der Waals surface area (Å²) in [5.41, 5.74) is 6.10. The van der Waals surface area contributed by atoms with Crippen molar-refractivity contribution in [1.29, 1.82) is 0 Å². The number of hydrogen-bond acceptors (Lipinski definition) is 5. The largest absolute Gasteiger partial charge is 0.481 e. The van der Waals surface area contributed by atoms with Crippen molar-refractivity contribution in [3.63, 3.8) is 0 Å². The molecule has 0 aromatic rings. The summed E-state index contributed by atoms with van der Waals surface area (Å²) in [7, 11) is 0.